The third-order valence-corrected chi connectivity index (χ3v) is 3.81. The van der Waals surface area contributed by atoms with Gasteiger partial charge in [0.05, 0.1) is 24.9 Å². The molecule has 0 amide bonds. The topological polar surface area (TPSA) is 47.1 Å². The minimum Gasteiger partial charge on any atom is -0.496 e. The average molecular weight is 315 g/mol. The molecule has 1 heterocycles. The number of hydrogen-bond acceptors (Lipinski definition) is 3. The van der Waals surface area contributed by atoms with Gasteiger partial charge in [-0.15, -0.1) is 0 Å². The molecule has 0 saturated carbocycles. The predicted molar refractivity (Wildman–Crippen MR) is 87.6 cm³/mol. The highest BCUT2D eigenvalue weighted by atomic mass is 35.5. The van der Waals surface area contributed by atoms with Crippen LogP contribution >= 0.6 is 11.6 Å². The third kappa shape index (κ3) is 2.42. The van der Waals surface area contributed by atoms with Crippen molar-refractivity contribution >= 4 is 11.6 Å². The second-order valence-electron chi connectivity index (χ2n) is 4.66. The molecule has 0 fully saturated rings. The number of ether oxygens (including phenoxy) is 2. The first-order valence-electron chi connectivity index (χ1n) is 6.77. The number of aromatic nitrogens is 2. The molecule has 22 heavy (non-hydrogen) atoms. The van der Waals surface area contributed by atoms with Crippen molar-refractivity contribution in [3.63, 3.8) is 0 Å². The highest BCUT2D eigenvalue weighted by molar-refractivity contribution is 6.35. The van der Waals surface area contributed by atoms with Crippen molar-refractivity contribution in [3.05, 3.63) is 53.6 Å². The van der Waals surface area contributed by atoms with E-state index in [0.29, 0.717) is 10.7 Å². The van der Waals surface area contributed by atoms with Gasteiger partial charge in [0.2, 0.25) is 0 Å². The van der Waals surface area contributed by atoms with Crippen molar-refractivity contribution in [1.29, 1.82) is 0 Å². The van der Waals surface area contributed by atoms with E-state index in [-0.39, 0.29) is 0 Å². The molecular weight excluding hydrogens is 300 g/mol. The average Bonchev–Trinajstić information content (AvgIpc) is 2.96. The molecule has 112 valence electrons. The molecule has 0 aliphatic rings. The molecule has 4 nitrogen and oxygen atoms in total. The Hall–Kier alpha value is -2.46. The van der Waals surface area contributed by atoms with E-state index in [2.05, 4.69) is 10.2 Å². The van der Waals surface area contributed by atoms with Crippen molar-refractivity contribution in [1.82, 2.24) is 10.2 Å². The van der Waals surface area contributed by atoms with Crippen molar-refractivity contribution in [3.8, 4) is 34.0 Å². The van der Waals surface area contributed by atoms with Gasteiger partial charge in [0.25, 0.3) is 0 Å². The SMILES string of the molecule is COc1ccccc1-c1n[nH]c(-c2ccccc2OC)c1Cl. The summed E-state index contributed by atoms with van der Waals surface area (Å²) in [6.07, 6.45) is 0. The van der Waals surface area contributed by atoms with Crippen LogP contribution in [0.3, 0.4) is 0 Å². The summed E-state index contributed by atoms with van der Waals surface area (Å²) in [6.45, 7) is 0. The molecule has 1 aromatic heterocycles. The first kappa shape index (κ1) is 14.5. The van der Waals surface area contributed by atoms with Crippen LogP contribution in [-0.4, -0.2) is 24.4 Å². The predicted octanol–water partition coefficient (Wildman–Crippen LogP) is 4.41. The number of aromatic amines is 1. The zero-order valence-electron chi connectivity index (χ0n) is 12.3. The summed E-state index contributed by atoms with van der Waals surface area (Å²) in [4.78, 5) is 0. The van der Waals surface area contributed by atoms with Crippen LogP contribution < -0.4 is 9.47 Å². The van der Waals surface area contributed by atoms with Crippen molar-refractivity contribution in [2.75, 3.05) is 14.2 Å². The maximum absolute atomic E-state index is 6.55. The van der Waals surface area contributed by atoms with Crippen LogP contribution in [0.25, 0.3) is 22.5 Å². The van der Waals surface area contributed by atoms with Crippen molar-refractivity contribution < 1.29 is 9.47 Å². The number of nitrogens with one attached hydrogen (secondary N) is 1. The molecule has 0 aliphatic carbocycles. The van der Waals surface area contributed by atoms with E-state index in [9.17, 15) is 0 Å². The minimum atomic E-state index is 0.536. The van der Waals surface area contributed by atoms with Crippen molar-refractivity contribution in [2.24, 2.45) is 0 Å². The fourth-order valence-electron chi connectivity index (χ4n) is 2.38. The van der Waals surface area contributed by atoms with Gasteiger partial charge in [-0.05, 0) is 24.3 Å². The van der Waals surface area contributed by atoms with Crippen LogP contribution in [0.15, 0.2) is 48.5 Å². The van der Waals surface area contributed by atoms with Gasteiger partial charge in [0.15, 0.2) is 0 Å². The smallest absolute Gasteiger partial charge is 0.128 e. The van der Waals surface area contributed by atoms with Crippen LogP contribution in [0.5, 0.6) is 11.5 Å². The lowest BCUT2D eigenvalue weighted by Gasteiger charge is -2.07. The Balaban J connectivity index is 2.13. The highest BCUT2D eigenvalue weighted by Crippen LogP contribution is 2.40. The second-order valence-corrected chi connectivity index (χ2v) is 5.04. The summed E-state index contributed by atoms with van der Waals surface area (Å²) in [5.41, 5.74) is 3.08. The molecule has 0 saturated heterocycles. The maximum Gasteiger partial charge on any atom is 0.128 e. The van der Waals surface area contributed by atoms with Gasteiger partial charge < -0.3 is 9.47 Å². The molecule has 3 rings (SSSR count). The number of rotatable bonds is 4. The van der Waals surface area contributed by atoms with Gasteiger partial charge >= 0.3 is 0 Å². The molecule has 5 heteroatoms. The number of halogens is 1. The van der Waals surface area contributed by atoms with Gasteiger partial charge in [-0.1, -0.05) is 35.9 Å². The molecule has 0 atom stereocenters. The number of benzene rings is 2. The molecule has 3 aromatic rings. The van der Waals surface area contributed by atoms with E-state index in [4.69, 9.17) is 21.1 Å². The van der Waals surface area contributed by atoms with Gasteiger partial charge in [-0.25, -0.2) is 0 Å². The molecule has 0 aliphatic heterocycles. The van der Waals surface area contributed by atoms with Crippen LogP contribution in [-0.2, 0) is 0 Å². The van der Waals surface area contributed by atoms with E-state index >= 15 is 0 Å². The summed E-state index contributed by atoms with van der Waals surface area (Å²) in [7, 11) is 3.25. The van der Waals surface area contributed by atoms with Crippen LogP contribution in [0.4, 0.5) is 0 Å². The highest BCUT2D eigenvalue weighted by Gasteiger charge is 2.19. The fraction of sp³-hybridized carbons (Fsp3) is 0.118. The number of H-pyrrole nitrogens is 1. The molecule has 2 aromatic carbocycles. The Morgan fingerprint density at radius 1 is 0.864 bits per heavy atom. The van der Waals surface area contributed by atoms with Crippen LogP contribution in [0.1, 0.15) is 0 Å². The van der Waals surface area contributed by atoms with Gasteiger partial charge in [0, 0.05) is 11.1 Å². The number of hydrogen-bond donors (Lipinski definition) is 1. The van der Waals surface area contributed by atoms with Gasteiger partial charge in [0.1, 0.15) is 17.2 Å². The van der Waals surface area contributed by atoms with E-state index in [0.717, 1.165) is 28.3 Å². The lowest BCUT2D eigenvalue weighted by atomic mass is 10.1. The quantitative estimate of drug-likeness (QED) is 0.775. The Bertz CT molecular complexity index is 734. The molecule has 0 unspecified atom stereocenters. The maximum atomic E-state index is 6.55. The summed E-state index contributed by atoms with van der Waals surface area (Å²) >= 11 is 6.55. The standard InChI is InChI=1S/C17H15ClN2O2/c1-21-13-9-5-3-7-11(13)16-15(18)17(20-19-16)12-8-4-6-10-14(12)22-2/h3-10H,1-2H3,(H,19,20). The largest absolute Gasteiger partial charge is 0.496 e. The Labute approximate surface area is 133 Å². The van der Waals surface area contributed by atoms with Gasteiger partial charge in [-0.3, -0.25) is 5.10 Å². The normalized spacial score (nSPS) is 10.5. The van der Waals surface area contributed by atoms with Crippen molar-refractivity contribution in [2.45, 2.75) is 0 Å². The van der Waals surface area contributed by atoms with Crippen LogP contribution in [0.2, 0.25) is 5.02 Å². The number of para-hydroxylation sites is 2. The molecule has 0 bridgehead atoms. The molecule has 1 N–H and O–H groups in total. The Morgan fingerprint density at radius 2 is 1.41 bits per heavy atom. The second kappa shape index (κ2) is 6.12. The number of nitrogens with zero attached hydrogens (tertiary/aromatic N) is 1. The lowest BCUT2D eigenvalue weighted by Crippen LogP contribution is -1.88. The van der Waals surface area contributed by atoms with Gasteiger partial charge in [-0.2, -0.15) is 5.10 Å². The molecule has 0 radical (unpaired) electrons. The third-order valence-electron chi connectivity index (χ3n) is 3.45. The zero-order valence-corrected chi connectivity index (χ0v) is 13.0. The summed E-state index contributed by atoms with van der Waals surface area (Å²) in [6, 6.07) is 15.3. The Morgan fingerprint density at radius 3 is 2.05 bits per heavy atom. The number of methoxy groups -OCH3 is 2. The molecule has 0 spiro atoms. The fourth-order valence-corrected chi connectivity index (χ4v) is 2.66. The molecular formula is C17H15ClN2O2. The zero-order chi connectivity index (χ0) is 15.5. The lowest BCUT2D eigenvalue weighted by molar-refractivity contribution is 0.416. The van der Waals surface area contributed by atoms with Crippen LogP contribution in [0, 0.1) is 0 Å². The van der Waals surface area contributed by atoms with E-state index < -0.39 is 0 Å². The summed E-state index contributed by atoms with van der Waals surface area (Å²) < 4.78 is 10.8. The summed E-state index contributed by atoms with van der Waals surface area (Å²) in [5, 5.41) is 7.89. The van der Waals surface area contributed by atoms with E-state index in [1.807, 2.05) is 48.5 Å². The first-order chi connectivity index (χ1) is 10.8. The van der Waals surface area contributed by atoms with E-state index in [1.54, 1.807) is 14.2 Å². The minimum absolute atomic E-state index is 0.536. The van der Waals surface area contributed by atoms with E-state index in [1.165, 1.54) is 0 Å². The summed E-state index contributed by atoms with van der Waals surface area (Å²) in [5.74, 6) is 1.46. The Kier molecular flexibility index (Phi) is 4.02. The first-order valence-corrected chi connectivity index (χ1v) is 7.14. The monoisotopic (exact) mass is 314 g/mol.